The van der Waals surface area contributed by atoms with Gasteiger partial charge in [0.1, 0.15) is 0 Å². The van der Waals surface area contributed by atoms with Crippen LogP contribution in [0.3, 0.4) is 0 Å². The van der Waals surface area contributed by atoms with Crippen molar-refractivity contribution in [1.82, 2.24) is 19.6 Å². The number of rotatable bonds is 6. The van der Waals surface area contributed by atoms with Crippen LogP contribution in [0.2, 0.25) is 10.0 Å². The van der Waals surface area contributed by atoms with Gasteiger partial charge in [-0.25, -0.2) is 0 Å². The van der Waals surface area contributed by atoms with Crippen molar-refractivity contribution in [3.63, 3.8) is 0 Å². The van der Waals surface area contributed by atoms with Gasteiger partial charge in [-0.1, -0.05) is 29.3 Å². The predicted molar refractivity (Wildman–Crippen MR) is 98.0 cm³/mol. The number of amides is 1. The lowest BCUT2D eigenvalue weighted by Crippen LogP contribution is -2.14. The zero-order valence-corrected chi connectivity index (χ0v) is 15.1. The van der Waals surface area contributed by atoms with Gasteiger partial charge in [0.05, 0.1) is 34.2 Å². The topological polar surface area (TPSA) is 64.7 Å². The number of hydrogen-bond acceptors (Lipinski definition) is 3. The average Bonchev–Trinajstić information content (AvgIpc) is 3.18. The minimum atomic E-state index is -0.0813. The first-order chi connectivity index (χ1) is 12.0. The van der Waals surface area contributed by atoms with Gasteiger partial charge in [0.2, 0.25) is 5.91 Å². The van der Waals surface area contributed by atoms with Gasteiger partial charge in [-0.15, -0.1) is 0 Å². The number of aromatic nitrogens is 4. The lowest BCUT2D eigenvalue weighted by atomic mass is 10.2. The molecule has 8 heteroatoms. The highest BCUT2D eigenvalue weighted by molar-refractivity contribution is 6.42. The first-order valence-electron chi connectivity index (χ1n) is 7.76. The number of aryl methyl sites for hydroxylation is 2. The van der Waals surface area contributed by atoms with E-state index in [9.17, 15) is 4.79 Å². The van der Waals surface area contributed by atoms with Gasteiger partial charge in [-0.05, 0) is 30.7 Å². The molecule has 0 aliphatic heterocycles. The molecule has 3 rings (SSSR count). The standard InChI is InChI=1S/C17H17Cl2N5O/c1-12-4-6-23(22-12)7-5-17(25)21-14-9-20-24(11-14)10-13-2-3-15(18)16(19)8-13/h2-4,6,8-9,11H,5,7,10H2,1H3,(H,21,25). The van der Waals surface area contributed by atoms with Crippen LogP contribution in [0.4, 0.5) is 5.69 Å². The van der Waals surface area contributed by atoms with Gasteiger partial charge >= 0.3 is 0 Å². The second kappa shape index (κ2) is 7.72. The predicted octanol–water partition coefficient (Wildman–Crippen LogP) is 3.77. The Morgan fingerprint density at radius 1 is 1.20 bits per heavy atom. The van der Waals surface area contributed by atoms with Crippen molar-refractivity contribution in [2.45, 2.75) is 26.4 Å². The summed E-state index contributed by atoms with van der Waals surface area (Å²) in [5, 5.41) is 12.4. The molecule has 0 saturated heterocycles. The Hall–Kier alpha value is -2.31. The molecule has 1 aromatic carbocycles. The van der Waals surface area contributed by atoms with E-state index in [1.807, 2.05) is 25.3 Å². The second-order valence-electron chi connectivity index (χ2n) is 5.69. The number of benzene rings is 1. The highest BCUT2D eigenvalue weighted by Crippen LogP contribution is 2.23. The van der Waals surface area contributed by atoms with E-state index in [2.05, 4.69) is 15.5 Å². The van der Waals surface area contributed by atoms with Crippen LogP contribution in [0.5, 0.6) is 0 Å². The zero-order valence-electron chi connectivity index (χ0n) is 13.6. The molecular weight excluding hydrogens is 361 g/mol. The molecule has 0 aliphatic carbocycles. The van der Waals surface area contributed by atoms with Crippen molar-refractivity contribution < 1.29 is 4.79 Å². The monoisotopic (exact) mass is 377 g/mol. The van der Waals surface area contributed by atoms with Gasteiger partial charge in [-0.2, -0.15) is 10.2 Å². The number of carbonyl (C=O) groups excluding carboxylic acids is 1. The number of hydrogen-bond donors (Lipinski definition) is 1. The molecule has 2 aromatic heterocycles. The van der Waals surface area contributed by atoms with E-state index in [4.69, 9.17) is 23.2 Å². The van der Waals surface area contributed by atoms with Crippen LogP contribution >= 0.6 is 23.2 Å². The lowest BCUT2D eigenvalue weighted by Gasteiger charge is -2.04. The Morgan fingerprint density at radius 2 is 2.04 bits per heavy atom. The van der Waals surface area contributed by atoms with E-state index < -0.39 is 0 Å². The molecule has 1 amide bonds. The van der Waals surface area contributed by atoms with E-state index in [1.165, 1.54) is 0 Å². The van der Waals surface area contributed by atoms with Crippen LogP contribution in [-0.4, -0.2) is 25.5 Å². The first-order valence-corrected chi connectivity index (χ1v) is 8.51. The number of halogens is 2. The van der Waals surface area contributed by atoms with E-state index in [0.29, 0.717) is 35.2 Å². The first kappa shape index (κ1) is 17.5. The summed E-state index contributed by atoms with van der Waals surface area (Å²) in [5.74, 6) is -0.0813. The van der Waals surface area contributed by atoms with E-state index in [1.54, 1.807) is 33.9 Å². The second-order valence-corrected chi connectivity index (χ2v) is 6.51. The summed E-state index contributed by atoms with van der Waals surface area (Å²) in [7, 11) is 0. The highest BCUT2D eigenvalue weighted by Gasteiger charge is 2.07. The van der Waals surface area contributed by atoms with E-state index in [-0.39, 0.29) is 5.91 Å². The molecule has 0 saturated carbocycles. The third kappa shape index (κ3) is 4.84. The summed E-state index contributed by atoms with van der Waals surface area (Å²) in [6, 6.07) is 7.35. The molecule has 0 fully saturated rings. The van der Waals surface area contributed by atoms with Crippen molar-refractivity contribution in [2.24, 2.45) is 0 Å². The number of anilines is 1. The molecule has 3 aromatic rings. The summed E-state index contributed by atoms with van der Waals surface area (Å²) in [6.45, 7) is 3.00. The molecule has 0 spiro atoms. The molecule has 2 heterocycles. The van der Waals surface area contributed by atoms with Gasteiger partial charge in [0.25, 0.3) is 0 Å². The summed E-state index contributed by atoms with van der Waals surface area (Å²) >= 11 is 11.9. The van der Waals surface area contributed by atoms with E-state index in [0.717, 1.165) is 11.3 Å². The fourth-order valence-electron chi connectivity index (χ4n) is 2.37. The van der Waals surface area contributed by atoms with Crippen LogP contribution in [0.1, 0.15) is 17.7 Å². The Bertz CT molecular complexity index is 887. The fourth-order valence-corrected chi connectivity index (χ4v) is 2.69. The Labute approximate surface area is 155 Å². The smallest absolute Gasteiger partial charge is 0.226 e. The minimum absolute atomic E-state index is 0.0813. The van der Waals surface area contributed by atoms with E-state index >= 15 is 0 Å². The van der Waals surface area contributed by atoms with Crippen molar-refractivity contribution in [2.75, 3.05) is 5.32 Å². The fraction of sp³-hybridized carbons (Fsp3) is 0.235. The summed E-state index contributed by atoms with van der Waals surface area (Å²) in [5.41, 5.74) is 2.56. The maximum Gasteiger partial charge on any atom is 0.226 e. The van der Waals surface area contributed by atoms with Crippen LogP contribution in [-0.2, 0) is 17.9 Å². The van der Waals surface area contributed by atoms with Crippen molar-refractivity contribution >= 4 is 34.8 Å². The molecule has 0 unspecified atom stereocenters. The maximum atomic E-state index is 12.0. The van der Waals surface area contributed by atoms with Gasteiger partial charge in [-0.3, -0.25) is 14.2 Å². The van der Waals surface area contributed by atoms with Crippen molar-refractivity contribution in [3.8, 4) is 0 Å². The molecule has 0 atom stereocenters. The number of nitrogens with zero attached hydrogens (tertiary/aromatic N) is 4. The quantitative estimate of drug-likeness (QED) is 0.710. The molecular formula is C17H17Cl2N5O. The van der Waals surface area contributed by atoms with Crippen LogP contribution in [0.25, 0.3) is 0 Å². The third-order valence-electron chi connectivity index (χ3n) is 3.59. The van der Waals surface area contributed by atoms with Gasteiger partial charge in [0.15, 0.2) is 0 Å². The molecule has 0 radical (unpaired) electrons. The largest absolute Gasteiger partial charge is 0.323 e. The van der Waals surface area contributed by atoms with Crippen molar-refractivity contribution in [3.05, 3.63) is 64.2 Å². The third-order valence-corrected chi connectivity index (χ3v) is 4.33. The Balaban J connectivity index is 1.53. The van der Waals surface area contributed by atoms with Crippen molar-refractivity contribution in [1.29, 1.82) is 0 Å². The normalized spacial score (nSPS) is 10.8. The van der Waals surface area contributed by atoms with Gasteiger partial charge in [0, 0.05) is 25.4 Å². The Morgan fingerprint density at radius 3 is 2.76 bits per heavy atom. The summed E-state index contributed by atoms with van der Waals surface area (Å²) in [4.78, 5) is 12.0. The summed E-state index contributed by atoms with van der Waals surface area (Å²) < 4.78 is 3.48. The SMILES string of the molecule is Cc1ccn(CCC(=O)Nc2cnn(Cc3ccc(Cl)c(Cl)c3)c2)n1. The molecule has 25 heavy (non-hydrogen) atoms. The number of carbonyl (C=O) groups is 1. The molecule has 6 nitrogen and oxygen atoms in total. The van der Waals surface area contributed by atoms with Gasteiger partial charge < -0.3 is 5.32 Å². The maximum absolute atomic E-state index is 12.0. The zero-order chi connectivity index (χ0) is 17.8. The lowest BCUT2D eigenvalue weighted by molar-refractivity contribution is -0.116. The minimum Gasteiger partial charge on any atom is -0.323 e. The average molecular weight is 378 g/mol. The Kier molecular flexibility index (Phi) is 5.40. The molecule has 1 N–H and O–H groups in total. The molecule has 0 bridgehead atoms. The van der Waals surface area contributed by atoms with Crippen LogP contribution in [0.15, 0.2) is 42.9 Å². The number of nitrogens with one attached hydrogen (secondary N) is 1. The highest BCUT2D eigenvalue weighted by atomic mass is 35.5. The summed E-state index contributed by atoms with van der Waals surface area (Å²) in [6.07, 6.45) is 5.60. The molecule has 130 valence electrons. The van der Waals surface area contributed by atoms with Crippen LogP contribution < -0.4 is 5.32 Å². The van der Waals surface area contributed by atoms with Crippen LogP contribution in [0, 0.1) is 6.92 Å². The molecule has 0 aliphatic rings.